The Bertz CT molecular complexity index is 1200. The molecule has 0 aromatic carbocycles. The molecule has 0 fully saturated rings. The van der Waals surface area contributed by atoms with Crippen LogP contribution in [-0.4, -0.2) is 23.0 Å². The van der Waals surface area contributed by atoms with E-state index in [1.807, 2.05) is 59.8 Å². The first-order chi connectivity index (χ1) is 23.4. The van der Waals surface area contributed by atoms with Crippen molar-refractivity contribution < 1.29 is 8.78 Å². The van der Waals surface area contributed by atoms with Crippen LogP contribution in [0.5, 0.6) is 0 Å². The molecule has 1 unspecified atom stereocenters. The van der Waals surface area contributed by atoms with Gasteiger partial charge in [-0.1, -0.05) is 138 Å². The molecule has 2 nitrogen and oxygen atoms in total. The molecule has 0 saturated carbocycles. The van der Waals surface area contributed by atoms with Crippen molar-refractivity contribution in [2.75, 3.05) is 13.1 Å². The molecule has 1 aromatic heterocycles. The molecule has 0 radical (unpaired) electrons. The zero-order valence-corrected chi connectivity index (χ0v) is 33.8. The van der Waals surface area contributed by atoms with Crippen LogP contribution < -0.4 is 0 Å². The average molecular weight is 681 g/mol. The molecule has 1 aliphatic carbocycles. The van der Waals surface area contributed by atoms with E-state index in [2.05, 4.69) is 88.9 Å². The van der Waals surface area contributed by atoms with E-state index in [4.69, 9.17) is 0 Å². The second kappa shape index (κ2) is 28.8. The first-order valence-corrected chi connectivity index (χ1v) is 19.2. The normalized spacial score (nSPS) is 14.9. The number of rotatable bonds is 17. The Kier molecular flexibility index (Phi) is 28.3. The summed E-state index contributed by atoms with van der Waals surface area (Å²) in [5, 5.41) is 0. The van der Waals surface area contributed by atoms with E-state index in [9.17, 15) is 8.78 Å². The first kappa shape index (κ1) is 48.1. The summed E-state index contributed by atoms with van der Waals surface area (Å²) in [6.45, 7) is 35.5. The first-order valence-electron chi connectivity index (χ1n) is 19.2. The van der Waals surface area contributed by atoms with Gasteiger partial charge in [-0.2, -0.15) is 0 Å². The Hall–Kier alpha value is -3.01. The van der Waals surface area contributed by atoms with Crippen molar-refractivity contribution in [1.29, 1.82) is 0 Å². The zero-order valence-electron chi connectivity index (χ0n) is 33.8. The van der Waals surface area contributed by atoms with Gasteiger partial charge >= 0.3 is 0 Å². The van der Waals surface area contributed by atoms with Crippen LogP contribution in [0.15, 0.2) is 96.4 Å². The molecule has 0 N–H and O–H groups in total. The lowest BCUT2D eigenvalue weighted by atomic mass is 9.69. The number of aromatic nitrogens is 1. The van der Waals surface area contributed by atoms with Crippen molar-refractivity contribution in [2.45, 2.75) is 147 Å². The summed E-state index contributed by atoms with van der Waals surface area (Å²) in [5.41, 5.74) is 5.54. The Morgan fingerprint density at radius 1 is 0.980 bits per heavy atom. The largest absolute Gasteiger partial charge is 0.372 e. The summed E-state index contributed by atoms with van der Waals surface area (Å²) in [4.78, 5) is 6.80. The fraction of sp³-hybridized carbons (Fsp3) is 0.578. The highest BCUT2D eigenvalue weighted by atomic mass is 19.1. The van der Waals surface area contributed by atoms with Gasteiger partial charge in [0.2, 0.25) is 0 Å². The minimum Gasteiger partial charge on any atom is -0.372 e. The van der Waals surface area contributed by atoms with Gasteiger partial charge in [0.25, 0.3) is 0 Å². The molecule has 4 heteroatoms. The molecule has 1 aromatic rings. The number of hydrogen-bond acceptors (Lipinski definition) is 2. The third-order valence-corrected chi connectivity index (χ3v) is 8.43. The fourth-order valence-electron chi connectivity index (χ4n) is 5.28. The van der Waals surface area contributed by atoms with Gasteiger partial charge in [0.05, 0.1) is 5.69 Å². The van der Waals surface area contributed by atoms with Crippen LogP contribution in [0.1, 0.15) is 152 Å². The number of halogens is 2. The molecule has 1 atom stereocenters. The molecule has 0 saturated heterocycles. The van der Waals surface area contributed by atoms with Gasteiger partial charge in [0, 0.05) is 49.0 Å². The Labute approximate surface area is 303 Å². The van der Waals surface area contributed by atoms with Crippen LogP contribution in [0, 0.1) is 18.3 Å². The predicted octanol–water partition coefficient (Wildman–Crippen LogP) is 15.0. The SMILES string of the molecule is C=C/C=C(\C=C(/C)C(=C)CC)N(CCCC)CCCC.CC.CCC=CC(C)(C)C1CC(F)=CC(F)=C1c1cc(C)ccn1.CCCCC. The van der Waals surface area contributed by atoms with Crippen LogP contribution in [0.2, 0.25) is 0 Å². The summed E-state index contributed by atoms with van der Waals surface area (Å²) in [7, 11) is 0. The van der Waals surface area contributed by atoms with E-state index in [0.29, 0.717) is 11.3 Å². The van der Waals surface area contributed by atoms with Crippen molar-refractivity contribution in [3.8, 4) is 0 Å². The smallest absolute Gasteiger partial charge is 0.131 e. The van der Waals surface area contributed by atoms with Crippen molar-refractivity contribution in [2.24, 2.45) is 11.3 Å². The monoisotopic (exact) mass is 681 g/mol. The number of allylic oxidation sites excluding steroid dienone is 11. The van der Waals surface area contributed by atoms with Crippen LogP contribution in [0.3, 0.4) is 0 Å². The van der Waals surface area contributed by atoms with Gasteiger partial charge in [-0.25, -0.2) is 8.78 Å². The van der Waals surface area contributed by atoms with Crippen molar-refractivity contribution in [1.82, 2.24) is 9.88 Å². The summed E-state index contributed by atoms with van der Waals surface area (Å²) in [5.74, 6) is -1.18. The van der Waals surface area contributed by atoms with Gasteiger partial charge < -0.3 is 4.90 Å². The maximum absolute atomic E-state index is 14.5. The van der Waals surface area contributed by atoms with E-state index >= 15 is 0 Å². The summed E-state index contributed by atoms with van der Waals surface area (Å²) >= 11 is 0. The lowest BCUT2D eigenvalue weighted by Crippen LogP contribution is -2.26. The summed E-state index contributed by atoms with van der Waals surface area (Å²) in [6.07, 6.45) is 24.2. The third kappa shape index (κ3) is 19.7. The van der Waals surface area contributed by atoms with E-state index in [1.54, 1.807) is 6.20 Å². The van der Waals surface area contributed by atoms with Crippen LogP contribution >= 0.6 is 0 Å². The Morgan fingerprint density at radius 2 is 1.55 bits per heavy atom. The molecule has 2 rings (SSSR count). The zero-order chi connectivity index (χ0) is 37.8. The Morgan fingerprint density at radius 3 is 2.00 bits per heavy atom. The van der Waals surface area contributed by atoms with Crippen LogP contribution in [0.4, 0.5) is 8.78 Å². The highest BCUT2D eigenvalue weighted by Gasteiger charge is 2.36. The molecule has 0 aliphatic heterocycles. The quantitative estimate of drug-likeness (QED) is 0.120. The highest BCUT2D eigenvalue weighted by Crippen LogP contribution is 2.47. The molecule has 0 bridgehead atoms. The van der Waals surface area contributed by atoms with E-state index in [0.717, 1.165) is 37.6 Å². The van der Waals surface area contributed by atoms with Gasteiger partial charge in [0.1, 0.15) is 11.7 Å². The minimum absolute atomic E-state index is 0.208. The molecule has 49 heavy (non-hydrogen) atoms. The van der Waals surface area contributed by atoms with E-state index < -0.39 is 11.7 Å². The van der Waals surface area contributed by atoms with Gasteiger partial charge in [-0.15, -0.1) is 0 Å². The van der Waals surface area contributed by atoms with Gasteiger partial charge in [0.15, 0.2) is 0 Å². The highest BCUT2D eigenvalue weighted by molar-refractivity contribution is 5.71. The third-order valence-electron chi connectivity index (χ3n) is 8.43. The molecular weight excluding hydrogens is 607 g/mol. The van der Waals surface area contributed by atoms with Crippen LogP contribution in [0.25, 0.3) is 5.57 Å². The number of hydrogen-bond donors (Lipinski definition) is 0. The number of nitrogens with zero attached hydrogens (tertiary/aromatic N) is 2. The average Bonchev–Trinajstić information content (AvgIpc) is 3.08. The molecule has 0 amide bonds. The second-order valence-electron chi connectivity index (χ2n) is 13.1. The standard InChI is InChI=1S/C19H23F2N.C19H33N.C5H12.C2H6/c1-5-6-8-19(3,4)15-11-14(20)12-16(21)18(15)17-10-13(2)7-9-22-17;1-7-11-14-20(15-12-8-2)19(13-9-3)16-18(6)17(5)10-4;1-3-5-4-2;1-2/h6-10,12,15H,5,11H2,1-4H3;9,13,16H,3,5,7-8,10-12,14-15H2,1-2,4,6H3;3-5H2,1-2H3;1-2H3/b;18-16+,19-13+;;. The fourth-order valence-corrected chi connectivity index (χ4v) is 5.28. The van der Waals surface area contributed by atoms with Gasteiger partial charge in [-0.05, 0) is 80.4 Å². The summed E-state index contributed by atoms with van der Waals surface area (Å²) in [6, 6.07) is 3.73. The number of pyridine rings is 1. The number of aryl methyl sites for hydroxylation is 1. The molecule has 1 heterocycles. The lowest BCUT2D eigenvalue weighted by molar-refractivity contribution is 0.323. The number of unbranched alkanes of at least 4 members (excludes halogenated alkanes) is 4. The molecule has 278 valence electrons. The Balaban J connectivity index is 0. The van der Waals surface area contributed by atoms with Crippen LogP contribution in [-0.2, 0) is 0 Å². The van der Waals surface area contributed by atoms with E-state index in [-0.39, 0.29) is 17.8 Å². The molecule has 1 aliphatic rings. The summed E-state index contributed by atoms with van der Waals surface area (Å²) < 4.78 is 28.4. The topological polar surface area (TPSA) is 16.1 Å². The predicted molar refractivity (Wildman–Crippen MR) is 217 cm³/mol. The molecular formula is C45H74F2N2. The van der Waals surface area contributed by atoms with Crippen molar-refractivity contribution >= 4 is 5.57 Å². The maximum Gasteiger partial charge on any atom is 0.131 e. The van der Waals surface area contributed by atoms with Crippen molar-refractivity contribution in [3.05, 3.63) is 108 Å². The van der Waals surface area contributed by atoms with Crippen molar-refractivity contribution in [3.63, 3.8) is 0 Å². The lowest BCUT2D eigenvalue weighted by Gasteiger charge is -2.35. The van der Waals surface area contributed by atoms with E-state index in [1.165, 1.54) is 61.8 Å². The minimum atomic E-state index is -0.509. The van der Waals surface area contributed by atoms with Gasteiger partial charge in [-0.3, -0.25) is 4.98 Å². The molecule has 0 spiro atoms. The maximum atomic E-state index is 14.5. The second-order valence-corrected chi connectivity index (χ2v) is 13.1.